The van der Waals surface area contributed by atoms with E-state index in [0.717, 1.165) is 11.1 Å². The number of nitriles is 1. The summed E-state index contributed by atoms with van der Waals surface area (Å²) in [6.45, 7) is 0. The quantitative estimate of drug-likeness (QED) is 0.716. The summed E-state index contributed by atoms with van der Waals surface area (Å²) in [7, 11) is 5.20. The van der Waals surface area contributed by atoms with Crippen LogP contribution in [-0.4, -0.2) is 21.2 Å². The summed E-state index contributed by atoms with van der Waals surface area (Å²) in [4.78, 5) is 14.2. The number of rotatable bonds is 4. The average molecular weight is 346 g/mol. The lowest BCUT2D eigenvalue weighted by Gasteiger charge is -2.21. The van der Waals surface area contributed by atoms with Gasteiger partial charge in [0, 0.05) is 19.7 Å². The molecule has 5 heteroatoms. The second kappa shape index (κ2) is 7.16. The lowest BCUT2D eigenvalue weighted by atomic mass is 9.96. The van der Waals surface area contributed by atoms with Gasteiger partial charge in [-0.25, -0.2) is 4.79 Å². The lowest BCUT2D eigenvalue weighted by molar-refractivity contribution is 0.415. The van der Waals surface area contributed by atoms with Crippen LogP contribution in [0.5, 0.6) is 5.75 Å². The van der Waals surface area contributed by atoms with E-state index in [9.17, 15) is 10.1 Å². The van der Waals surface area contributed by atoms with Crippen molar-refractivity contribution in [3.63, 3.8) is 0 Å². The van der Waals surface area contributed by atoms with Gasteiger partial charge >= 0.3 is 5.63 Å². The Morgan fingerprint density at radius 1 is 1.00 bits per heavy atom. The number of ether oxygens (including phenoxy) is 1. The summed E-state index contributed by atoms with van der Waals surface area (Å²) in [5.41, 5.74) is 2.18. The van der Waals surface area contributed by atoms with Crippen molar-refractivity contribution >= 4 is 5.69 Å². The van der Waals surface area contributed by atoms with Crippen LogP contribution in [0.3, 0.4) is 0 Å². The first-order chi connectivity index (χ1) is 12.6. The Morgan fingerprint density at radius 2 is 1.65 bits per heavy atom. The molecule has 2 aromatic carbocycles. The second-order valence-electron chi connectivity index (χ2n) is 5.92. The Balaban J connectivity index is 2.40. The van der Waals surface area contributed by atoms with E-state index in [0.29, 0.717) is 22.8 Å². The first kappa shape index (κ1) is 17.3. The zero-order chi connectivity index (χ0) is 18.7. The number of hydrogen-bond donors (Lipinski definition) is 0. The van der Waals surface area contributed by atoms with Gasteiger partial charge in [0.1, 0.15) is 17.6 Å². The van der Waals surface area contributed by atoms with E-state index in [1.807, 2.05) is 48.5 Å². The van der Waals surface area contributed by atoms with Crippen LogP contribution < -0.4 is 15.3 Å². The third-order valence-corrected chi connectivity index (χ3v) is 4.07. The molecule has 0 aliphatic heterocycles. The fraction of sp³-hybridized carbons (Fsp3) is 0.143. The number of methoxy groups -OCH3 is 1. The Kier molecular flexibility index (Phi) is 4.76. The minimum atomic E-state index is -0.651. The normalized spacial score (nSPS) is 10.2. The minimum absolute atomic E-state index is 0.00823. The lowest BCUT2D eigenvalue weighted by Crippen LogP contribution is -2.18. The smallest absolute Gasteiger partial charge is 0.356 e. The van der Waals surface area contributed by atoms with Crippen molar-refractivity contribution in [2.75, 3.05) is 26.1 Å². The van der Waals surface area contributed by atoms with Gasteiger partial charge in [-0.05, 0) is 29.8 Å². The van der Waals surface area contributed by atoms with Gasteiger partial charge in [0.05, 0.1) is 18.4 Å². The van der Waals surface area contributed by atoms with Gasteiger partial charge < -0.3 is 14.1 Å². The third kappa shape index (κ3) is 3.05. The summed E-state index contributed by atoms with van der Waals surface area (Å²) in [6, 6.07) is 18.8. The van der Waals surface area contributed by atoms with Gasteiger partial charge in [-0.1, -0.05) is 30.3 Å². The standard InChI is InChI=1S/C21H18N2O3/c1-23(2)19-17(13-22)21(24)26-20(15-9-11-16(25-3)12-10-15)18(19)14-7-5-4-6-8-14/h4-12H,1-3H3. The molecule has 0 fully saturated rings. The zero-order valence-electron chi connectivity index (χ0n) is 14.8. The van der Waals surface area contributed by atoms with E-state index in [-0.39, 0.29) is 5.56 Å². The van der Waals surface area contributed by atoms with Crippen LogP contribution in [0, 0.1) is 11.3 Å². The molecule has 130 valence electrons. The van der Waals surface area contributed by atoms with Crippen molar-refractivity contribution in [1.29, 1.82) is 5.26 Å². The molecule has 0 saturated carbocycles. The van der Waals surface area contributed by atoms with Gasteiger partial charge in [0.2, 0.25) is 0 Å². The van der Waals surface area contributed by atoms with Crippen LogP contribution in [0.4, 0.5) is 5.69 Å². The maximum atomic E-state index is 12.4. The first-order valence-electron chi connectivity index (χ1n) is 8.05. The molecule has 5 nitrogen and oxygen atoms in total. The van der Waals surface area contributed by atoms with Crippen LogP contribution >= 0.6 is 0 Å². The number of benzene rings is 2. The Morgan fingerprint density at radius 3 is 2.19 bits per heavy atom. The summed E-state index contributed by atoms with van der Waals surface area (Å²) in [6.07, 6.45) is 0. The molecule has 0 aliphatic rings. The van der Waals surface area contributed by atoms with Gasteiger partial charge in [-0.3, -0.25) is 0 Å². The fourth-order valence-electron chi connectivity index (χ4n) is 2.89. The second-order valence-corrected chi connectivity index (χ2v) is 5.92. The Labute approximate surface area is 151 Å². The van der Waals surface area contributed by atoms with Crippen LogP contribution in [-0.2, 0) is 0 Å². The molecule has 0 bridgehead atoms. The maximum Gasteiger partial charge on any atom is 0.356 e. The molecule has 0 amide bonds. The molecule has 26 heavy (non-hydrogen) atoms. The van der Waals surface area contributed by atoms with Crippen LogP contribution in [0.25, 0.3) is 22.5 Å². The zero-order valence-corrected chi connectivity index (χ0v) is 14.8. The number of nitrogens with zero attached hydrogens (tertiary/aromatic N) is 2. The van der Waals surface area contributed by atoms with Crippen molar-refractivity contribution in [2.45, 2.75) is 0 Å². The topological polar surface area (TPSA) is 66.5 Å². The minimum Gasteiger partial charge on any atom is -0.497 e. The van der Waals surface area contributed by atoms with E-state index in [1.165, 1.54) is 0 Å². The van der Waals surface area contributed by atoms with Crippen LogP contribution in [0.15, 0.2) is 63.8 Å². The molecule has 3 rings (SSSR count). The highest BCUT2D eigenvalue weighted by molar-refractivity contribution is 5.91. The SMILES string of the molecule is COc1ccc(-c2oc(=O)c(C#N)c(N(C)C)c2-c2ccccc2)cc1. The fourth-order valence-corrected chi connectivity index (χ4v) is 2.89. The molecule has 0 radical (unpaired) electrons. The summed E-state index contributed by atoms with van der Waals surface area (Å²) in [5, 5.41) is 9.50. The largest absolute Gasteiger partial charge is 0.497 e. The van der Waals surface area contributed by atoms with E-state index < -0.39 is 5.63 Å². The van der Waals surface area contributed by atoms with Crippen molar-refractivity contribution in [3.8, 4) is 34.3 Å². The monoisotopic (exact) mass is 346 g/mol. The van der Waals surface area contributed by atoms with Gasteiger partial charge in [0.15, 0.2) is 5.56 Å². The van der Waals surface area contributed by atoms with Crippen molar-refractivity contribution < 1.29 is 9.15 Å². The maximum absolute atomic E-state index is 12.4. The molecule has 0 aliphatic carbocycles. The predicted octanol–water partition coefficient (Wildman–Crippen LogP) is 3.92. The van der Waals surface area contributed by atoms with E-state index in [4.69, 9.17) is 9.15 Å². The molecule has 1 aromatic heterocycles. The molecule has 1 heterocycles. The van der Waals surface area contributed by atoms with Crippen molar-refractivity contribution in [1.82, 2.24) is 0 Å². The summed E-state index contributed by atoms with van der Waals surface area (Å²) >= 11 is 0. The van der Waals surface area contributed by atoms with Crippen LogP contribution in [0.1, 0.15) is 5.56 Å². The third-order valence-electron chi connectivity index (χ3n) is 4.07. The molecule has 3 aromatic rings. The van der Waals surface area contributed by atoms with E-state index >= 15 is 0 Å². The highest BCUT2D eigenvalue weighted by Crippen LogP contribution is 2.39. The van der Waals surface area contributed by atoms with Gasteiger partial charge in [0.25, 0.3) is 0 Å². The van der Waals surface area contributed by atoms with E-state index in [2.05, 4.69) is 0 Å². The van der Waals surface area contributed by atoms with Crippen molar-refractivity contribution in [2.24, 2.45) is 0 Å². The molecule has 0 unspecified atom stereocenters. The van der Waals surface area contributed by atoms with Crippen molar-refractivity contribution in [3.05, 3.63) is 70.6 Å². The molecular weight excluding hydrogens is 328 g/mol. The summed E-state index contributed by atoms with van der Waals surface area (Å²) < 4.78 is 10.8. The molecule has 0 saturated heterocycles. The first-order valence-corrected chi connectivity index (χ1v) is 8.05. The van der Waals surface area contributed by atoms with Crippen LogP contribution in [0.2, 0.25) is 0 Å². The number of anilines is 1. The van der Waals surface area contributed by atoms with E-state index in [1.54, 1.807) is 38.2 Å². The van der Waals surface area contributed by atoms with Gasteiger partial charge in [-0.15, -0.1) is 0 Å². The molecule has 0 spiro atoms. The highest BCUT2D eigenvalue weighted by Gasteiger charge is 2.23. The Bertz CT molecular complexity index is 1010. The molecular formula is C21H18N2O3. The highest BCUT2D eigenvalue weighted by atomic mass is 16.5. The Hall–Kier alpha value is -3.52. The van der Waals surface area contributed by atoms with Gasteiger partial charge in [-0.2, -0.15) is 5.26 Å². The molecule has 0 N–H and O–H groups in total. The summed E-state index contributed by atoms with van der Waals surface area (Å²) in [5.74, 6) is 1.13. The predicted molar refractivity (Wildman–Crippen MR) is 101 cm³/mol. The number of hydrogen-bond acceptors (Lipinski definition) is 5. The molecule has 0 atom stereocenters. The average Bonchev–Trinajstić information content (AvgIpc) is 2.67.